The Hall–Kier alpha value is -3.67. The van der Waals surface area contributed by atoms with Gasteiger partial charge < -0.3 is 15.0 Å². The molecule has 0 bridgehead atoms. The van der Waals surface area contributed by atoms with Crippen LogP contribution in [0.1, 0.15) is 37.5 Å². The van der Waals surface area contributed by atoms with Gasteiger partial charge in [0.25, 0.3) is 5.91 Å². The summed E-state index contributed by atoms with van der Waals surface area (Å²) in [5.41, 5.74) is 2.08. The van der Waals surface area contributed by atoms with Crippen molar-refractivity contribution in [2.75, 3.05) is 6.61 Å². The van der Waals surface area contributed by atoms with E-state index in [4.69, 9.17) is 4.74 Å². The standard InChI is InChI=1S/C29H33FN2O3/c1-21-10-8-9-13-26(21)35-20-27(33)32(19-23-14-16-24(30)17-15-23)25(28(34)31-29(2,3)4)18-22-11-6-5-7-12-22/h5-17,25H,18-20H2,1-4H3,(H,31,34). The molecule has 184 valence electrons. The number of hydrogen-bond donors (Lipinski definition) is 1. The van der Waals surface area contributed by atoms with Gasteiger partial charge in [0.15, 0.2) is 6.61 Å². The molecule has 0 heterocycles. The topological polar surface area (TPSA) is 58.6 Å². The number of aryl methyl sites for hydroxylation is 1. The van der Waals surface area contributed by atoms with E-state index in [0.717, 1.165) is 16.7 Å². The summed E-state index contributed by atoms with van der Waals surface area (Å²) in [7, 11) is 0. The molecule has 0 aromatic heterocycles. The summed E-state index contributed by atoms with van der Waals surface area (Å²) in [6, 6.07) is 22.2. The average molecular weight is 477 g/mol. The molecule has 1 unspecified atom stereocenters. The summed E-state index contributed by atoms with van der Waals surface area (Å²) in [5.74, 6) is -0.336. The van der Waals surface area contributed by atoms with Crippen molar-refractivity contribution in [2.24, 2.45) is 0 Å². The van der Waals surface area contributed by atoms with Crippen LogP contribution in [-0.4, -0.2) is 34.9 Å². The molecule has 0 saturated heterocycles. The Morgan fingerprint density at radius 2 is 1.54 bits per heavy atom. The third-order valence-corrected chi connectivity index (χ3v) is 5.48. The first-order valence-electron chi connectivity index (χ1n) is 11.7. The zero-order valence-electron chi connectivity index (χ0n) is 20.8. The molecule has 1 atom stereocenters. The van der Waals surface area contributed by atoms with Crippen molar-refractivity contribution in [3.05, 3.63) is 101 Å². The molecular weight excluding hydrogens is 443 g/mol. The second-order valence-electron chi connectivity index (χ2n) is 9.65. The van der Waals surface area contributed by atoms with Crippen molar-refractivity contribution in [1.82, 2.24) is 10.2 Å². The van der Waals surface area contributed by atoms with Gasteiger partial charge >= 0.3 is 0 Å². The van der Waals surface area contributed by atoms with E-state index in [2.05, 4.69) is 5.32 Å². The lowest BCUT2D eigenvalue weighted by Crippen LogP contribution is -2.55. The van der Waals surface area contributed by atoms with Crippen molar-refractivity contribution in [2.45, 2.75) is 52.2 Å². The quantitative estimate of drug-likeness (QED) is 0.469. The summed E-state index contributed by atoms with van der Waals surface area (Å²) in [6.07, 6.45) is 0.333. The third kappa shape index (κ3) is 7.95. The van der Waals surface area contributed by atoms with E-state index in [-0.39, 0.29) is 30.8 Å². The molecule has 35 heavy (non-hydrogen) atoms. The van der Waals surface area contributed by atoms with E-state index >= 15 is 0 Å². The summed E-state index contributed by atoms with van der Waals surface area (Å²) in [4.78, 5) is 28.6. The number of halogens is 1. The Bertz CT molecular complexity index is 1120. The largest absolute Gasteiger partial charge is 0.484 e. The first-order chi connectivity index (χ1) is 16.6. The number of hydrogen-bond acceptors (Lipinski definition) is 3. The average Bonchev–Trinajstić information content (AvgIpc) is 2.81. The molecule has 3 aromatic carbocycles. The smallest absolute Gasteiger partial charge is 0.261 e. The molecule has 0 spiro atoms. The minimum Gasteiger partial charge on any atom is -0.484 e. The second-order valence-corrected chi connectivity index (χ2v) is 9.65. The van der Waals surface area contributed by atoms with Crippen molar-refractivity contribution in [3.63, 3.8) is 0 Å². The fraction of sp³-hybridized carbons (Fsp3) is 0.310. The van der Waals surface area contributed by atoms with Crippen LogP contribution < -0.4 is 10.1 Å². The van der Waals surface area contributed by atoms with Gasteiger partial charge in [0.05, 0.1) is 0 Å². The molecular formula is C29H33FN2O3. The number of ether oxygens (including phenoxy) is 1. The number of carbonyl (C=O) groups excluding carboxylic acids is 2. The maximum absolute atomic E-state index is 13.5. The van der Waals surface area contributed by atoms with Crippen LogP contribution >= 0.6 is 0 Å². The SMILES string of the molecule is Cc1ccccc1OCC(=O)N(Cc1ccc(F)cc1)C(Cc1ccccc1)C(=O)NC(C)(C)C. The highest BCUT2D eigenvalue weighted by Gasteiger charge is 2.32. The van der Waals surface area contributed by atoms with E-state index in [1.54, 1.807) is 18.2 Å². The van der Waals surface area contributed by atoms with Crippen LogP contribution in [0.3, 0.4) is 0 Å². The Morgan fingerprint density at radius 3 is 2.17 bits per heavy atom. The van der Waals surface area contributed by atoms with Gasteiger partial charge in [0.1, 0.15) is 17.6 Å². The van der Waals surface area contributed by atoms with Crippen LogP contribution in [0.5, 0.6) is 5.75 Å². The first-order valence-corrected chi connectivity index (χ1v) is 11.7. The second kappa shape index (κ2) is 11.6. The lowest BCUT2D eigenvalue weighted by atomic mass is 10.0. The Labute approximate surface area is 206 Å². The Kier molecular flexibility index (Phi) is 8.63. The Morgan fingerprint density at radius 1 is 0.914 bits per heavy atom. The molecule has 0 aliphatic rings. The van der Waals surface area contributed by atoms with Gasteiger partial charge in [-0.3, -0.25) is 9.59 Å². The predicted molar refractivity (Wildman–Crippen MR) is 135 cm³/mol. The summed E-state index contributed by atoms with van der Waals surface area (Å²) >= 11 is 0. The summed E-state index contributed by atoms with van der Waals surface area (Å²) in [6.45, 7) is 7.53. The van der Waals surface area contributed by atoms with Crippen LogP contribution in [0, 0.1) is 12.7 Å². The number of amides is 2. The highest BCUT2D eigenvalue weighted by Crippen LogP contribution is 2.19. The fourth-order valence-electron chi connectivity index (χ4n) is 3.73. The van der Waals surface area contributed by atoms with Gasteiger partial charge in [-0.1, -0.05) is 60.7 Å². The van der Waals surface area contributed by atoms with E-state index in [9.17, 15) is 14.0 Å². The molecule has 3 rings (SSSR count). The number of benzene rings is 3. The van der Waals surface area contributed by atoms with Crippen molar-refractivity contribution >= 4 is 11.8 Å². The molecule has 0 radical (unpaired) electrons. The predicted octanol–water partition coefficient (Wildman–Crippen LogP) is 5.07. The number of rotatable bonds is 9. The number of para-hydroxylation sites is 1. The molecule has 0 saturated carbocycles. The third-order valence-electron chi connectivity index (χ3n) is 5.48. The van der Waals surface area contributed by atoms with Crippen molar-refractivity contribution in [3.8, 4) is 5.75 Å². The van der Waals surface area contributed by atoms with E-state index in [1.165, 1.54) is 17.0 Å². The van der Waals surface area contributed by atoms with Crippen LogP contribution in [-0.2, 0) is 22.6 Å². The van der Waals surface area contributed by atoms with E-state index in [1.807, 2.05) is 76.2 Å². The number of nitrogens with zero attached hydrogens (tertiary/aromatic N) is 1. The van der Waals surface area contributed by atoms with Crippen LogP contribution in [0.25, 0.3) is 0 Å². The number of nitrogens with one attached hydrogen (secondary N) is 1. The Balaban J connectivity index is 1.93. The van der Waals surface area contributed by atoms with Crippen molar-refractivity contribution in [1.29, 1.82) is 0 Å². The molecule has 2 amide bonds. The van der Waals surface area contributed by atoms with Crippen LogP contribution in [0.4, 0.5) is 4.39 Å². The zero-order chi connectivity index (χ0) is 25.4. The van der Waals surface area contributed by atoms with Gasteiger partial charge in [-0.05, 0) is 62.6 Å². The van der Waals surface area contributed by atoms with E-state index < -0.39 is 11.6 Å². The maximum atomic E-state index is 13.5. The van der Waals surface area contributed by atoms with Gasteiger partial charge in [0, 0.05) is 18.5 Å². The molecule has 6 heteroatoms. The molecule has 0 aliphatic carbocycles. The molecule has 1 N–H and O–H groups in total. The molecule has 5 nitrogen and oxygen atoms in total. The normalized spacial score (nSPS) is 12.0. The molecule has 3 aromatic rings. The highest BCUT2D eigenvalue weighted by molar-refractivity contribution is 5.89. The minimum atomic E-state index is -0.783. The number of carbonyl (C=O) groups is 2. The summed E-state index contributed by atoms with van der Waals surface area (Å²) < 4.78 is 19.4. The lowest BCUT2D eigenvalue weighted by Gasteiger charge is -2.33. The van der Waals surface area contributed by atoms with Gasteiger partial charge in [-0.15, -0.1) is 0 Å². The van der Waals surface area contributed by atoms with E-state index in [0.29, 0.717) is 12.2 Å². The maximum Gasteiger partial charge on any atom is 0.261 e. The van der Waals surface area contributed by atoms with Gasteiger partial charge in [-0.25, -0.2) is 4.39 Å². The summed E-state index contributed by atoms with van der Waals surface area (Å²) in [5, 5.41) is 3.02. The zero-order valence-corrected chi connectivity index (χ0v) is 20.8. The van der Waals surface area contributed by atoms with Gasteiger partial charge in [0.2, 0.25) is 5.91 Å². The van der Waals surface area contributed by atoms with Gasteiger partial charge in [-0.2, -0.15) is 0 Å². The first kappa shape index (κ1) is 25.9. The highest BCUT2D eigenvalue weighted by atomic mass is 19.1. The van der Waals surface area contributed by atoms with Crippen LogP contribution in [0.15, 0.2) is 78.9 Å². The van der Waals surface area contributed by atoms with Crippen molar-refractivity contribution < 1.29 is 18.7 Å². The minimum absolute atomic E-state index is 0.144. The lowest BCUT2D eigenvalue weighted by molar-refractivity contribution is -0.143. The monoisotopic (exact) mass is 476 g/mol. The fourth-order valence-corrected chi connectivity index (χ4v) is 3.73. The molecule has 0 fully saturated rings. The molecule has 0 aliphatic heterocycles. The van der Waals surface area contributed by atoms with Crippen LogP contribution in [0.2, 0.25) is 0 Å².